The molecule has 0 aliphatic heterocycles. The molecule has 2 rings (SSSR count). The largest absolute Gasteiger partial charge is 0.480 e. The van der Waals surface area contributed by atoms with Crippen LogP contribution in [0.1, 0.15) is 0 Å². The van der Waals surface area contributed by atoms with Gasteiger partial charge in [-0.25, -0.2) is 8.42 Å². The van der Waals surface area contributed by atoms with E-state index >= 15 is 0 Å². The van der Waals surface area contributed by atoms with Crippen LogP contribution in [0.25, 0.3) is 0 Å². The van der Waals surface area contributed by atoms with Gasteiger partial charge in [0.1, 0.15) is 6.54 Å². The van der Waals surface area contributed by atoms with Gasteiger partial charge in [-0.2, -0.15) is 0 Å². The molecule has 0 saturated heterocycles. The average molecular weight is 337 g/mol. The van der Waals surface area contributed by atoms with E-state index in [1.54, 1.807) is 42.5 Å². The standard InChI is InChI=1S/C15H15NO4S2/c1-21-13-7-9-14(10-8-13)22(19,20)16(11-15(17)18)12-5-3-2-4-6-12/h2-10H,11H2,1H3,(H,17,18). The lowest BCUT2D eigenvalue weighted by Gasteiger charge is -2.22. The number of aliphatic carboxylic acids is 1. The van der Waals surface area contributed by atoms with Crippen LogP contribution in [0.5, 0.6) is 0 Å². The van der Waals surface area contributed by atoms with E-state index in [-0.39, 0.29) is 4.90 Å². The van der Waals surface area contributed by atoms with Gasteiger partial charge < -0.3 is 5.11 Å². The Hall–Kier alpha value is -1.99. The van der Waals surface area contributed by atoms with Crippen LogP contribution in [0, 0.1) is 0 Å². The van der Waals surface area contributed by atoms with Crippen LogP contribution in [0.2, 0.25) is 0 Å². The first-order valence-corrected chi connectivity index (χ1v) is 9.05. The van der Waals surface area contributed by atoms with Crippen molar-refractivity contribution in [3.05, 3.63) is 54.6 Å². The molecule has 0 heterocycles. The molecule has 1 N–H and O–H groups in total. The third-order valence-corrected chi connectivity index (χ3v) is 5.50. The van der Waals surface area contributed by atoms with Crippen LogP contribution in [-0.2, 0) is 14.8 Å². The number of carboxylic acid groups (broad SMARTS) is 1. The number of carbonyl (C=O) groups is 1. The lowest BCUT2D eigenvalue weighted by atomic mass is 10.3. The highest BCUT2D eigenvalue weighted by Gasteiger charge is 2.26. The maximum Gasteiger partial charge on any atom is 0.324 e. The van der Waals surface area contributed by atoms with Crippen molar-refractivity contribution < 1.29 is 18.3 Å². The Morgan fingerprint density at radius 1 is 1.09 bits per heavy atom. The van der Waals surface area contributed by atoms with Crippen molar-refractivity contribution in [1.82, 2.24) is 0 Å². The molecule has 0 bridgehead atoms. The fraction of sp³-hybridized carbons (Fsp3) is 0.133. The molecule has 7 heteroatoms. The number of sulfonamides is 1. The van der Waals surface area contributed by atoms with Gasteiger partial charge in [-0.1, -0.05) is 18.2 Å². The van der Waals surface area contributed by atoms with Crippen LogP contribution in [0.4, 0.5) is 5.69 Å². The van der Waals surface area contributed by atoms with Gasteiger partial charge in [0.15, 0.2) is 0 Å². The summed E-state index contributed by atoms with van der Waals surface area (Å²) in [5.74, 6) is -1.21. The van der Waals surface area contributed by atoms with Gasteiger partial charge >= 0.3 is 5.97 Å². The number of thioether (sulfide) groups is 1. The molecule has 5 nitrogen and oxygen atoms in total. The van der Waals surface area contributed by atoms with E-state index in [0.29, 0.717) is 5.69 Å². The van der Waals surface area contributed by atoms with Gasteiger partial charge in [0.25, 0.3) is 10.0 Å². The molecule has 0 aliphatic rings. The number of carboxylic acids is 1. The molecule has 0 radical (unpaired) electrons. The second-order valence-corrected chi connectivity index (χ2v) is 7.16. The first-order chi connectivity index (χ1) is 10.4. The molecule has 0 saturated carbocycles. The van der Waals surface area contributed by atoms with Crippen LogP contribution < -0.4 is 4.31 Å². The minimum atomic E-state index is -3.93. The van der Waals surface area contributed by atoms with Crippen LogP contribution in [-0.4, -0.2) is 32.3 Å². The number of para-hydroxylation sites is 1. The number of nitrogens with zero attached hydrogens (tertiary/aromatic N) is 1. The molecule has 0 fully saturated rings. The first-order valence-electron chi connectivity index (χ1n) is 6.39. The van der Waals surface area contributed by atoms with E-state index in [4.69, 9.17) is 5.11 Å². The number of anilines is 1. The van der Waals surface area contributed by atoms with E-state index in [2.05, 4.69) is 0 Å². The lowest BCUT2D eigenvalue weighted by Crippen LogP contribution is -2.35. The van der Waals surface area contributed by atoms with Crippen LogP contribution >= 0.6 is 11.8 Å². The van der Waals surface area contributed by atoms with Gasteiger partial charge in [0.2, 0.25) is 0 Å². The maximum absolute atomic E-state index is 12.7. The normalized spacial score (nSPS) is 11.1. The van der Waals surface area contributed by atoms with E-state index in [1.165, 1.54) is 23.9 Å². The SMILES string of the molecule is CSc1ccc(S(=O)(=O)N(CC(=O)O)c2ccccc2)cc1. The van der Waals surface area contributed by atoms with Gasteiger partial charge in [-0.05, 0) is 42.7 Å². The molecule has 2 aromatic rings. The number of hydrogen-bond acceptors (Lipinski definition) is 4. The lowest BCUT2D eigenvalue weighted by molar-refractivity contribution is -0.135. The summed E-state index contributed by atoms with van der Waals surface area (Å²) in [6, 6.07) is 14.6. The minimum Gasteiger partial charge on any atom is -0.480 e. The summed E-state index contributed by atoms with van der Waals surface area (Å²) in [6.07, 6.45) is 1.89. The van der Waals surface area contributed by atoms with Crippen molar-refractivity contribution in [3.8, 4) is 0 Å². The Balaban J connectivity index is 2.46. The Morgan fingerprint density at radius 3 is 2.18 bits per heavy atom. The molecule has 2 aromatic carbocycles. The zero-order valence-electron chi connectivity index (χ0n) is 11.8. The highest BCUT2D eigenvalue weighted by atomic mass is 32.2. The third-order valence-electron chi connectivity index (χ3n) is 2.97. The quantitative estimate of drug-likeness (QED) is 0.820. The monoisotopic (exact) mass is 337 g/mol. The van der Waals surface area contributed by atoms with Gasteiger partial charge in [0, 0.05) is 4.90 Å². The first kappa shape index (κ1) is 16.4. The molecule has 0 atom stereocenters. The summed E-state index contributed by atoms with van der Waals surface area (Å²) >= 11 is 1.50. The fourth-order valence-corrected chi connectivity index (χ4v) is 3.73. The molecular weight excluding hydrogens is 322 g/mol. The molecule has 0 aliphatic carbocycles. The van der Waals surface area contributed by atoms with Crippen molar-refractivity contribution in [2.24, 2.45) is 0 Å². The number of rotatable bonds is 6. The highest BCUT2D eigenvalue weighted by Crippen LogP contribution is 2.25. The zero-order chi connectivity index (χ0) is 16.2. The van der Waals surface area contributed by atoms with Crippen LogP contribution in [0.3, 0.4) is 0 Å². The topological polar surface area (TPSA) is 74.7 Å². The minimum absolute atomic E-state index is 0.0652. The Labute approximate surface area is 133 Å². The number of hydrogen-bond donors (Lipinski definition) is 1. The molecule has 0 aromatic heterocycles. The van der Waals surface area contributed by atoms with E-state index < -0.39 is 22.5 Å². The summed E-state index contributed by atoms with van der Waals surface area (Å²) in [6.45, 7) is -0.628. The van der Waals surface area contributed by atoms with Crippen molar-refractivity contribution in [2.45, 2.75) is 9.79 Å². The summed E-state index contributed by atoms with van der Waals surface area (Å²) in [5, 5.41) is 9.03. The Bertz CT molecular complexity index is 743. The van der Waals surface area contributed by atoms with Gasteiger partial charge in [-0.3, -0.25) is 9.10 Å². The fourth-order valence-electron chi connectivity index (χ4n) is 1.91. The third kappa shape index (κ3) is 3.61. The Morgan fingerprint density at radius 2 is 1.68 bits per heavy atom. The smallest absolute Gasteiger partial charge is 0.324 e. The van der Waals surface area contributed by atoms with E-state index in [1.807, 2.05) is 6.26 Å². The molecule has 116 valence electrons. The van der Waals surface area contributed by atoms with Crippen molar-refractivity contribution >= 4 is 33.4 Å². The van der Waals surface area contributed by atoms with E-state index in [9.17, 15) is 13.2 Å². The van der Waals surface area contributed by atoms with E-state index in [0.717, 1.165) is 9.20 Å². The molecule has 22 heavy (non-hydrogen) atoms. The summed E-state index contributed by atoms with van der Waals surface area (Å²) in [4.78, 5) is 12.1. The van der Waals surface area contributed by atoms with Crippen LogP contribution in [0.15, 0.2) is 64.4 Å². The second kappa shape index (κ2) is 6.85. The van der Waals surface area contributed by atoms with Gasteiger partial charge in [0.05, 0.1) is 10.6 Å². The number of benzene rings is 2. The molecule has 0 spiro atoms. The Kier molecular flexibility index (Phi) is 5.10. The zero-order valence-corrected chi connectivity index (χ0v) is 13.5. The highest BCUT2D eigenvalue weighted by molar-refractivity contribution is 7.98. The van der Waals surface area contributed by atoms with Crippen molar-refractivity contribution in [1.29, 1.82) is 0 Å². The molecule has 0 unspecified atom stereocenters. The van der Waals surface area contributed by atoms with Crippen molar-refractivity contribution in [2.75, 3.05) is 17.1 Å². The average Bonchev–Trinajstić information content (AvgIpc) is 2.53. The van der Waals surface area contributed by atoms with Gasteiger partial charge in [-0.15, -0.1) is 11.8 Å². The van der Waals surface area contributed by atoms with Crippen molar-refractivity contribution in [3.63, 3.8) is 0 Å². The second-order valence-electron chi connectivity index (χ2n) is 4.42. The maximum atomic E-state index is 12.7. The summed E-state index contributed by atoms with van der Waals surface area (Å²) in [5.41, 5.74) is 0.318. The summed E-state index contributed by atoms with van der Waals surface area (Å²) < 4.78 is 26.3. The predicted molar refractivity (Wildman–Crippen MR) is 86.8 cm³/mol. The summed E-state index contributed by atoms with van der Waals surface area (Å²) in [7, 11) is -3.93. The molecular formula is C15H15NO4S2. The molecule has 0 amide bonds. The predicted octanol–water partition coefficient (Wildman–Crippen LogP) is 2.69.